The maximum absolute atomic E-state index is 12.7. The van der Waals surface area contributed by atoms with Crippen LogP contribution in [-0.2, 0) is 11.2 Å². The van der Waals surface area contributed by atoms with Crippen LogP contribution in [0.2, 0.25) is 0 Å². The molecule has 1 aromatic carbocycles. The third-order valence-corrected chi connectivity index (χ3v) is 5.23. The first-order chi connectivity index (χ1) is 11.8. The van der Waals surface area contributed by atoms with E-state index < -0.39 is 0 Å². The number of carbonyl (C=O) groups is 1. The van der Waals surface area contributed by atoms with Crippen molar-refractivity contribution in [1.29, 1.82) is 0 Å². The standard InChI is InChI=1S/C19H24N4O.ClH/c24-19(23-17-7-8-18(23)13-20-11-10-17)9-6-15-12-21-22(14-15)16-4-2-1-3-5-16;/h1-5,12,14,17-18,20H,6-11,13H2;1H. The number of benzene rings is 1. The van der Waals surface area contributed by atoms with Crippen molar-refractivity contribution in [3.8, 4) is 5.69 Å². The smallest absolute Gasteiger partial charge is 0.223 e. The molecule has 3 heterocycles. The lowest BCUT2D eigenvalue weighted by Crippen LogP contribution is -2.42. The Morgan fingerprint density at radius 2 is 1.96 bits per heavy atom. The lowest BCUT2D eigenvalue weighted by Gasteiger charge is -2.27. The van der Waals surface area contributed by atoms with Crippen molar-refractivity contribution in [3.63, 3.8) is 0 Å². The van der Waals surface area contributed by atoms with Gasteiger partial charge in [0.15, 0.2) is 0 Å². The molecule has 5 nitrogen and oxygen atoms in total. The van der Waals surface area contributed by atoms with Crippen LogP contribution in [0.3, 0.4) is 0 Å². The van der Waals surface area contributed by atoms with Gasteiger partial charge in [-0.2, -0.15) is 5.10 Å². The zero-order valence-electron chi connectivity index (χ0n) is 14.3. The molecular formula is C19H25ClN4O. The molecule has 2 aliphatic rings. The molecule has 0 spiro atoms. The van der Waals surface area contributed by atoms with Crippen LogP contribution < -0.4 is 5.32 Å². The molecule has 2 atom stereocenters. The van der Waals surface area contributed by atoms with Gasteiger partial charge in [0.2, 0.25) is 5.91 Å². The molecule has 2 bridgehead atoms. The van der Waals surface area contributed by atoms with Crippen LogP contribution in [-0.4, -0.2) is 45.8 Å². The third-order valence-electron chi connectivity index (χ3n) is 5.23. The number of nitrogens with one attached hydrogen (secondary N) is 1. The summed E-state index contributed by atoms with van der Waals surface area (Å²) in [6, 6.07) is 10.9. The first kappa shape index (κ1) is 18.0. The van der Waals surface area contributed by atoms with Crippen molar-refractivity contribution in [1.82, 2.24) is 20.0 Å². The van der Waals surface area contributed by atoms with Gasteiger partial charge in [-0.05, 0) is 49.9 Å². The highest BCUT2D eigenvalue weighted by Crippen LogP contribution is 2.28. The second-order valence-electron chi connectivity index (χ2n) is 6.81. The van der Waals surface area contributed by atoms with Gasteiger partial charge in [0.05, 0.1) is 11.9 Å². The van der Waals surface area contributed by atoms with E-state index in [2.05, 4.69) is 15.3 Å². The number of hydrogen-bond donors (Lipinski definition) is 1. The molecule has 2 aromatic rings. The topological polar surface area (TPSA) is 50.2 Å². The van der Waals surface area contributed by atoms with E-state index in [1.165, 1.54) is 6.42 Å². The fraction of sp³-hybridized carbons (Fsp3) is 0.474. The van der Waals surface area contributed by atoms with E-state index in [9.17, 15) is 4.79 Å². The zero-order chi connectivity index (χ0) is 16.4. The van der Waals surface area contributed by atoms with Crippen molar-refractivity contribution in [2.24, 2.45) is 0 Å². The van der Waals surface area contributed by atoms with E-state index in [1.807, 2.05) is 47.4 Å². The second-order valence-corrected chi connectivity index (χ2v) is 6.81. The molecule has 1 aromatic heterocycles. The van der Waals surface area contributed by atoms with Crippen molar-refractivity contribution in [3.05, 3.63) is 48.3 Å². The summed E-state index contributed by atoms with van der Waals surface area (Å²) >= 11 is 0. The Morgan fingerprint density at radius 1 is 1.16 bits per heavy atom. The SMILES string of the molecule is Cl.O=C(CCc1cnn(-c2ccccc2)c1)N1C2CCNCC1CC2. The molecule has 0 radical (unpaired) electrons. The van der Waals surface area contributed by atoms with Crippen LogP contribution in [0.1, 0.15) is 31.2 Å². The number of halogens is 1. The van der Waals surface area contributed by atoms with Crippen molar-refractivity contribution >= 4 is 18.3 Å². The number of carbonyl (C=O) groups excluding carboxylic acids is 1. The molecule has 25 heavy (non-hydrogen) atoms. The second kappa shape index (κ2) is 8.02. The number of amides is 1. The van der Waals surface area contributed by atoms with Crippen molar-refractivity contribution in [2.45, 2.75) is 44.2 Å². The van der Waals surface area contributed by atoms with E-state index in [1.54, 1.807) is 0 Å². The fourth-order valence-electron chi connectivity index (χ4n) is 3.98. The highest BCUT2D eigenvalue weighted by atomic mass is 35.5. The normalized spacial score (nSPS) is 22.3. The van der Waals surface area contributed by atoms with E-state index in [0.29, 0.717) is 24.4 Å². The molecule has 0 aliphatic carbocycles. The lowest BCUT2D eigenvalue weighted by molar-refractivity contribution is -0.133. The first-order valence-electron chi connectivity index (χ1n) is 8.92. The molecule has 6 heteroatoms. The predicted octanol–water partition coefficient (Wildman–Crippen LogP) is 2.58. The van der Waals surface area contributed by atoms with Crippen LogP contribution in [0.25, 0.3) is 5.69 Å². The average molecular weight is 361 g/mol. The molecule has 134 valence electrons. The maximum atomic E-state index is 12.7. The van der Waals surface area contributed by atoms with Gasteiger partial charge in [-0.15, -0.1) is 12.4 Å². The van der Waals surface area contributed by atoms with Crippen LogP contribution in [0.15, 0.2) is 42.7 Å². The number of hydrogen-bond acceptors (Lipinski definition) is 3. The van der Waals surface area contributed by atoms with E-state index >= 15 is 0 Å². The van der Waals surface area contributed by atoms with Crippen molar-refractivity contribution in [2.75, 3.05) is 13.1 Å². The van der Waals surface area contributed by atoms with Crippen LogP contribution in [0, 0.1) is 0 Å². The maximum Gasteiger partial charge on any atom is 0.223 e. The molecule has 0 saturated carbocycles. The van der Waals surface area contributed by atoms with E-state index in [4.69, 9.17) is 0 Å². The summed E-state index contributed by atoms with van der Waals surface area (Å²) in [5.41, 5.74) is 2.17. The van der Waals surface area contributed by atoms with Crippen molar-refractivity contribution < 1.29 is 4.79 Å². The summed E-state index contributed by atoms with van der Waals surface area (Å²) in [6.07, 6.45) is 8.65. The van der Waals surface area contributed by atoms with Gasteiger partial charge in [-0.1, -0.05) is 18.2 Å². The number of nitrogens with zero attached hydrogens (tertiary/aromatic N) is 3. The van der Waals surface area contributed by atoms with Crippen LogP contribution >= 0.6 is 12.4 Å². The summed E-state index contributed by atoms with van der Waals surface area (Å²) in [5.74, 6) is 0.304. The molecule has 1 N–H and O–H groups in total. The predicted molar refractivity (Wildman–Crippen MR) is 100 cm³/mol. The Hall–Kier alpha value is -1.85. The van der Waals surface area contributed by atoms with Gasteiger partial charge in [0.1, 0.15) is 0 Å². The Labute approximate surface area is 154 Å². The minimum absolute atomic E-state index is 0. The highest BCUT2D eigenvalue weighted by Gasteiger charge is 2.37. The van der Waals surface area contributed by atoms with E-state index in [0.717, 1.165) is 43.6 Å². The number of fused-ring (bicyclic) bond motifs is 2. The quantitative estimate of drug-likeness (QED) is 0.911. The van der Waals surface area contributed by atoms with Gasteiger partial charge < -0.3 is 10.2 Å². The number of rotatable bonds is 4. The Balaban J connectivity index is 0.00000182. The molecule has 2 unspecified atom stereocenters. The highest BCUT2D eigenvalue weighted by molar-refractivity contribution is 5.85. The number of para-hydroxylation sites is 1. The zero-order valence-corrected chi connectivity index (χ0v) is 15.1. The molecular weight excluding hydrogens is 336 g/mol. The minimum Gasteiger partial charge on any atom is -0.335 e. The molecule has 2 aliphatic heterocycles. The van der Waals surface area contributed by atoms with E-state index in [-0.39, 0.29) is 12.4 Å². The largest absolute Gasteiger partial charge is 0.335 e. The molecule has 2 saturated heterocycles. The van der Waals surface area contributed by atoms with Crippen LogP contribution in [0.5, 0.6) is 0 Å². The van der Waals surface area contributed by atoms with Gasteiger partial charge in [0, 0.05) is 31.2 Å². The molecule has 1 amide bonds. The van der Waals surface area contributed by atoms with Gasteiger partial charge in [0.25, 0.3) is 0 Å². The number of aromatic nitrogens is 2. The Morgan fingerprint density at radius 3 is 2.80 bits per heavy atom. The summed E-state index contributed by atoms with van der Waals surface area (Å²) in [6.45, 7) is 1.99. The molecule has 4 rings (SSSR count). The Kier molecular flexibility index (Phi) is 5.76. The minimum atomic E-state index is 0. The number of aryl methyl sites for hydroxylation is 1. The average Bonchev–Trinajstić information content (AvgIpc) is 3.17. The summed E-state index contributed by atoms with van der Waals surface area (Å²) in [5, 5.41) is 7.87. The first-order valence-corrected chi connectivity index (χ1v) is 8.92. The Bertz CT molecular complexity index is 688. The third kappa shape index (κ3) is 3.88. The summed E-state index contributed by atoms with van der Waals surface area (Å²) in [7, 11) is 0. The lowest BCUT2D eigenvalue weighted by atomic mass is 10.1. The van der Waals surface area contributed by atoms with Gasteiger partial charge >= 0.3 is 0 Å². The van der Waals surface area contributed by atoms with Gasteiger partial charge in [-0.25, -0.2) is 4.68 Å². The van der Waals surface area contributed by atoms with Crippen LogP contribution in [0.4, 0.5) is 0 Å². The van der Waals surface area contributed by atoms with Gasteiger partial charge in [-0.3, -0.25) is 4.79 Å². The monoisotopic (exact) mass is 360 g/mol. The fourth-order valence-corrected chi connectivity index (χ4v) is 3.98. The molecule has 2 fully saturated rings. The summed E-state index contributed by atoms with van der Waals surface area (Å²) in [4.78, 5) is 14.9. The summed E-state index contributed by atoms with van der Waals surface area (Å²) < 4.78 is 1.87.